The second kappa shape index (κ2) is 7.22. The normalized spacial score (nSPS) is 35.4. The molecule has 0 radical (unpaired) electrons. The lowest BCUT2D eigenvalue weighted by atomic mass is 9.94. The number of piperidine rings is 1. The number of likely N-dealkylation sites (tertiary alicyclic amines) is 3. The SMILES string of the molecule is CC(C)(C)OC(=O)N1[C@@H]2C[C@@H](C[C@H]2N2CCCC2)[C@H]1C(=O)N1CCC[C@H]1C#N. The van der Waals surface area contributed by atoms with E-state index in [2.05, 4.69) is 11.0 Å². The van der Waals surface area contributed by atoms with Gasteiger partial charge in [-0.1, -0.05) is 0 Å². The molecular formula is C21H32N4O3. The van der Waals surface area contributed by atoms with Gasteiger partial charge in [0.15, 0.2) is 0 Å². The largest absolute Gasteiger partial charge is 0.444 e. The zero-order valence-corrected chi connectivity index (χ0v) is 17.3. The Bertz CT molecular complexity index is 676. The quantitative estimate of drug-likeness (QED) is 0.726. The van der Waals surface area contributed by atoms with Crippen LogP contribution in [0.5, 0.6) is 0 Å². The van der Waals surface area contributed by atoms with Crippen molar-refractivity contribution in [1.29, 1.82) is 5.26 Å². The van der Waals surface area contributed by atoms with Crippen LogP contribution >= 0.6 is 0 Å². The van der Waals surface area contributed by atoms with Crippen LogP contribution in [0.3, 0.4) is 0 Å². The van der Waals surface area contributed by atoms with Crippen molar-refractivity contribution in [3.63, 3.8) is 0 Å². The smallest absolute Gasteiger partial charge is 0.411 e. The van der Waals surface area contributed by atoms with Gasteiger partial charge in [0.1, 0.15) is 17.7 Å². The molecule has 3 saturated heterocycles. The van der Waals surface area contributed by atoms with Crippen LogP contribution < -0.4 is 0 Å². The van der Waals surface area contributed by atoms with E-state index >= 15 is 0 Å². The van der Waals surface area contributed by atoms with E-state index < -0.39 is 11.6 Å². The summed E-state index contributed by atoms with van der Waals surface area (Å²) in [5, 5.41) is 9.42. The fraction of sp³-hybridized carbons (Fsp3) is 0.857. The number of rotatable bonds is 2. The molecule has 1 saturated carbocycles. The number of ether oxygens (including phenoxy) is 1. The monoisotopic (exact) mass is 388 g/mol. The Morgan fingerprint density at radius 3 is 2.36 bits per heavy atom. The first kappa shape index (κ1) is 19.5. The molecule has 0 unspecified atom stereocenters. The first-order valence-electron chi connectivity index (χ1n) is 10.8. The Balaban J connectivity index is 1.59. The summed E-state index contributed by atoms with van der Waals surface area (Å²) in [5.74, 6) is 0.109. The maximum absolute atomic E-state index is 13.4. The lowest BCUT2D eigenvalue weighted by molar-refractivity contribution is -0.139. The summed E-state index contributed by atoms with van der Waals surface area (Å²) in [6.45, 7) is 8.36. The third-order valence-corrected chi connectivity index (χ3v) is 6.79. The highest BCUT2D eigenvalue weighted by Crippen LogP contribution is 2.47. The molecule has 0 aromatic carbocycles. The molecule has 3 heterocycles. The molecule has 3 aliphatic heterocycles. The number of amides is 2. The molecule has 1 aliphatic carbocycles. The number of nitriles is 1. The molecule has 28 heavy (non-hydrogen) atoms. The molecule has 154 valence electrons. The van der Waals surface area contributed by atoms with Gasteiger partial charge in [-0.15, -0.1) is 0 Å². The van der Waals surface area contributed by atoms with Gasteiger partial charge in [-0.25, -0.2) is 4.79 Å². The van der Waals surface area contributed by atoms with Gasteiger partial charge in [0.25, 0.3) is 0 Å². The minimum absolute atomic E-state index is 0.0371. The maximum atomic E-state index is 13.4. The van der Waals surface area contributed by atoms with Crippen LogP contribution in [0.2, 0.25) is 0 Å². The Morgan fingerprint density at radius 2 is 1.71 bits per heavy atom. The molecule has 0 N–H and O–H groups in total. The van der Waals surface area contributed by atoms with Crippen molar-refractivity contribution in [2.75, 3.05) is 19.6 Å². The Kier molecular flexibility index (Phi) is 5.03. The number of fused-ring (bicyclic) bond motifs is 2. The van der Waals surface area contributed by atoms with Crippen molar-refractivity contribution >= 4 is 12.0 Å². The average Bonchev–Trinajstić information content (AvgIpc) is 3.41. The van der Waals surface area contributed by atoms with Gasteiger partial charge >= 0.3 is 6.09 Å². The van der Waals surface area contributed by atoms with Crippen LogP contribution in [0, 0.1) is 17.2 Å². The third kappa shape index (κ3) is 3.36. The van der Waals surface area contributed by atoms with E-state index in [-0.39, 0.29) is 30.0 Å². The zero-order valence-electron chi connectivity index (χ0n) is 17.3. The summed E-state index contributed by atoms with van der Waals surface area (Å²) in [6, 6.07) is 1.79. The molecule has 7 heteroatoms. The van der Waals surface area contributed by atoms with E-state index in [1.54, 1.807) is 9.80 Å². The molecule has 4 rings (SSSR count). The molecule has 2 bridgehead atoms. The number of hydrogen-bond acceptors (Lipinski definition) is 5. The molecule has 0 spiro atoms. The predicted molar refractivity (Wildman–Crippen MR) is 103 cm³/mol. The van der Waals surface area contributed by atoms with Gasteiger partial charge in [-0.05, 0) is 78.3 Å². The van der Waals surface area contributed by atoms with Gasteiger partial charge in [0.2, 0.25) is 5.91 Å². The molecule has 0 aromatic rings. The molecule has 4 fully saturated rings. The second-order valence-corrected chi connectivity index (χ2v) is 9.76. The first-order valence-corrected chi connectivity index (χ1v) is 10.8. The van der Waals surface area contributed by atoms with Crippen LogP contribution in [0.15, 0.2) is 0 Å². The number of nitrogens with zero attached hydrogens (tertiary/aromatic N) is 4. The summed E-state index contributed by atoms with van der Waals surface area (Å²) in [4.78, 5) is 32.5. The van der Waals surface area contributed by atoms with Crippen molar-refractivity contribution in [3.05, 3.63) is 0 Å². The summed E-state index contributed by atoms with van der Waals surface area (Å²) < 4.78 is 5.71. The lowest BCUT2D eigenvalue weighted by Gasteiger charge is -2.43. The van der Waals surface area contributed by atoms with Gasteiger partial charge < -0.3 is 9.64 Å². The summed E-state index contributed by atoms with van der Waals surface area (Å²) in [5.41, 5.74) is -0.599. The summed E-state index contributed by atoms with van der Waals surface area (Å²) >= 11 is 0. The fourth-order valence-corrected chi connectivity index (χ4v) is 5.71. The van der Waals surface area contributed by atoms with Gasteiger partial charge in [-0.2, -0.15) is 5.26 Å². The van der Waals surface area contributed by atoms with E-state index in [0.29, 0.717) is 12.6 Å². The molecule has 0 aromatic heterocycles. The third-order valence-electron chi connectivity index (χ3n) is 6.79. The van der Waals surface area contributed by atoms with E-state index in [1.807, 2.05) is 20.8 Å². The lowest BCUT2D eigenvalue weighted by Crippen LogP contribution is -2.60. The molecule has 5 atom stereocenters. The highest BCUT2D eigenvalue weighted by Gasteiger charge is 2.59. The molecule has 7 nitrogen and oxygen atoms in total. The summed E-state index contributed by atoms with van der Waals surface area (Å²) in [7, 11) is 0. The van der Waals surface area contributed by atoms with Crippen LogP contribution in [-0.2, 0) is 9.53 Å². The topological polar surface area (TPSA) is 76.9 Å². The Morgan fingerprint density at radius 1 is 1.04 bits per heavy atom. The van der Waals surface area contributed by atoms with E-state index in [4.69, 9.17) is 4.74 Å². The maximum Gasteiger partial charge on any atom is 0.411 e. The summed E-state index contributed by atoms with van der Waals surface area (Å²) in [6.07, 6.45) is 5.45. The van der Waals surface area contributed by atoms with Crippen LogP contribution in [0.1, 0.15) is 59.3 Å². The predicted octanol–water partition coefficient (Wildman–Crippen LogP) is 2.36. The average molecular weight is 389 g/mol. The van der Waals surface area contributed by atoms with Gasteiger partial charge in [0.05, 0.1) is 12.1 Å². The molecule has 2 amide bonds. The van der Waals surface area contributed by atoms with Crippen molar-refractivity contribution in [1.82, 2.24) is 14.7 Å². The zero-order chi connectivity index (χ0) is 20.1. The first-order chi connectivity index (χ1) is 13.3. The standard InChI is InChI=1S/C21H32N4O3/c1-21(2,3)28-20(27)25-17-12-14(11-16(17)23-8-4-5-9-23)18(25)19(26)24-10-6-7-15(24)13-22/h14-18H,4-12H2,1-3H3/t14-,15+,16-,17-,18+/m1/s1. The highest BCUT2D eigenvalue weighted by atomic mass is 16.6. The van der Waals surface area contributed by atoms with E-state index in [0.717, 1.165) is 38.8 Å². The van der Waals surface area contributed by atoms with Crippen molar-refractivity contribution in [2.24, 2.45) is 5.92 Å². The van der Waals surface area contributed by atoms with Crippen molar-refractivity contribution in [3.8, 4) is 6.07 Å². The number of carbonyl (C=O) groups excluding carboxylic acids is 2. The minimum Gasteiger partial charge on any atom is -0.444 e. The van der Waals surface area contributed by atoms with Crippen LogP contribution in [0.4, 0.5) is 4.79 Å². The molecular weight excluding hydrogens is 356 g/mol. The fourth-order valence-electron chi connectivity index (χ4n) is 5.71. The van der Waals surface area contributed by atoms with Gasteiger partial charge in [-0.3, -0.25) is 14.6 Å². The van der Waals surface area contributed by atoms with Gasteiger partial charge in [0, 0.05) is 12.6 Å². The second-order valence-electron chi connectivity index (χ2n) is 9.76. The highest BCUT2D eigenvalue weighted by molar-refractivity contribution is 5.88. The Hall–Kier alpha value is -1.81. The van der Waals surface area contributed by atoms with E-state index in [1.165, 1.54) is 12.8 Å². The molecule has 4 aliphatic rings. The van der Waals surface area contributed by atoms with E-state index in [9.17, 15) is 14.9 Å². The van der Waals surface area contributed by atoms with Crippen LogP contribution in [-0.4, -0.2) is 76.1 Å². The van der Waals surface area contributed by atoms with Crippen molar-refractivity contribution < 1.29 is 14.3 Å². The number of hydrogen-bond donors (Lipinski definition) is 0. The van der Waals surface area contributed by atoms with Crippen LogP contribution in [0.25, 0.3) is 0 Å². The number of carbonyl (C=O) groups is 2. The van der Waals surface area contributed by atoms with Crippen molar-refractivity contribution in [2.45, 2.75) is 89.1 Å². The minimum atomic E-state index is -0.599. The Labute approximate surface area is 167 Å².